The van der Waals surface area contributed by atoms with Crippen LogP contribution in [0.3, 0.4) is 0 Å². The Kier molecular flexibility index (Phi) is 2.59. The summed E-state index contributed by atoms with van der Waals surface area (Å²) in [5.41, 5.74) is 9.86. The molecule has 1 unspecified atom stereocenters. The largest absolute Gasteiger partial charge is 0.398 e. The van der Waals surface area contributed by atoms with E-state index in [9.17, 15) is 0 Å². The summed E-state index contributed by atoms with van der Waals surface area (Å²) in [4.78, 5) is 9.42. The molecule has 19 heavy (non-hydrogen) atoms. The number of nitrogen functional groups attached to an aromatic ring is 1. The van der Waals surface area contributed by atoms with E-state index in [0.717, 1.165) is 33.4 Å². The highest BCUT2D eigenvalue weighted by Crippen LogP contribution is 2.16. The molecule has 0 aromatic heterocycles. The fourth-order valence-electron chi connectivity index (χ4n) is 2.24. The average molecular weight is 253 g/mol. The van der Waals surface area contributed by atoms with E-state index in [0.29, 0.717) is 0 Å². The van der Waals surface area contributed by atoms with Gasteiger partial charge in [-0.1, -0.05) is 0 Å². The Hall–Kier alpha value is -2.23. The number of fused-ring (bicyclic) bond motifs is 2. The number of allylic oxidation sites excluding steroid dienone is 2. The van der Waals surface area contributed by atoms with Crippen LogP contribution in [-0.2, 0) is 0 Å². The van der Waals surface area contributed by atoms with Gasteiger partial charge in [0.2, 0.25) is 5.71 Å². The van der Waals surface area contributed by atoms with E-state index in [1.54, 1.807) is 0 Å². The summed E-state index contributed by atoms with van der Waals surface area (Å²) in [5, 5.41) is 1.78. The Morgan fingerprint density at radius 2 is 2.00 bits per heavy atom. The van der Waals surface area contributed by atoms with Gasteiger partial charge in [-0.3, -0.25) is 4.99 Å². The molecule has 1 heterocycles. The lowest BCUT2D eigenvalue weighted by molar-refractivity contribution is -0.462. The zero-order valence-electron chi connectivity index (χ0n) is 11.4. The molecule has 0 fully saturated rings. The minimum atomic E-state index is 0.0271. The van der Waals surface area contributed by atoms with E-state index >= 15 is 0 Å². The predicted octanol–water partition coefficient (Wildman–Crippen LogP) is 0.365. The lowest BCUT2D eigenvalue weighted by atomic mass is 10.0. The number of aryl methyl sites for hydroxylation is 1. The van der Waals surface area contributed by atoms with Gasteiger partial charge in [0.05, 0.1) is 16.4 Å². The van der Waals surface area contributed by atoms with Crippen molar-refractivity contribution in [2.75, 3.05) is 19.8 Å². The van der Waals surface area contributed by atoms with E-state index in [1.807, 2.05) is 33.2 Å². The maximum atomic E-state index is 5.94. The SMILES string of the molecule is Cc1cc2c(cc1N)=NC1=CC(=[N+](C)C)C=CC1N=2. The van der Waals surface area contributed by atoms with Crippen LogP contribution in [0.2, 0.25) is 0 Å². The molecule has 0 radical (unpaired) electrons. The number of benzene rings is 1. The molecular weight excluding hydrogens is 236 g/mol. The molecule has 1 aromatic carbocycles. The van der Waals surface area contributed by atoms with Crippen molar-refractivity contribution in [1.29, 1.82) is 0 Å². The van der Waals surface area contributed by atoms with Gasteiger partial charge in [0, 0.05) is 17.8 Å². The van der Waals surface area contributed by atoms with Crippen molar-refractivity contribution in [3.63, 3.8) is 0 Å². The average Bonchev–Trinajstić information content (AvgIpc) is 2.37. The Morgan fingerprint density at radius 1 is 1.21 bits per heavy atom. The summed E-state index contributed by atoms with van der Waals surface area (Å²) < 4.78 is 2.06. The number of anilines is 1. The van der Waals surface area contributed by atoms with Crippen molar-refractivity contribution >= 4 is 11.4 Å². The molecule has 96 valence electrons. The number of hydrogen-bond donors (Lipinski definition) is 1. The second kappa shape index (κ2) is 4.16. The first-order valence-corrected chi connectivity index (χ1v) is 6.31. The van der Waals surface area contributed by atoms with Gasteiger partial charge in [0.1, 0.15) is 20.1 Å². The van der Waals surface area contributed by atoms with Crippen molar-refractivity contribution in [2.24, 2.45) is 9.98 Å². The Balaban J connectivity index is 2.23. The van der Waals surface area contributed by atoms with Crippen LogP contribution in [0.15, 0.2) is 46.0 Å². The summed E-state index contributed by atoms with van der Waals surface area (Å²) in [7, 11) is 4.04. The molecule has 4 nitrogen and oxygen atoms in total. The summed E-state index contributed by atoms with van der Waals surface area (Å²) >= 11 is 0. The molecule has 0 spiro atoms. The molecule has 1 aliphatic heterocycles. The molecule has 0 bridgehead atoms. The van der Waals surface area contributed by atoms with E-state index in [-0.39, 0.29) is 6.04 Å². The minimum absolute atomic E-state index is 0.0271. The second-order valence-electron chi connectivity index (χ2n) is 5.13. The van der Waals surface area contributed by atoms with Crippen LogP contribution < -0.4 is 16.4 Å². The summed E-state index contributed by atoms with van der Waals surface area (Å²) in [6.07, 6.45) is 6.25. The number of rotatable bonds is 0. The standard InChI is InChI=1S/C15H16N4/c1-9-6-13-15(8-11(9)16)18-14-7-10(19(2)3)4-5-12(14)17-13/h4-8,12,16H,1-3H3/p+1. The van der Waals surface area contributed by atoms with Crippen LogP contribution >= 0.6 is 0 Å². The summed E-state index contributed by atoms with van der Waals surface area (Å²) in [6, 6.07) is 3.93. The quantitative estimate of drug-likeness (QED) is 0.527. The Morgan fingerprint density at radius 3 is 2.74 bits per heavy atom. The van der Waals surface area contributed by atoms with Gasteiger partial charge >= 0.3 is 0 Å². The van der Waals surface area contributed by atoms with E-state index in [4.69, 9.17) is 15.7 Å². The highest BCUT2D eigenvalue weighted by atomic mass is 15.0. The van der Waals surface area contributed by atoms with Crippen molar-refractivity contribution in [3.05, 3.63) is 52.3 Å². The van der Waals surface area contributed by atoms with Crippen LogP contribution in [0, 0.1) is 6.92 Å². The zero-order chi connectivity index (χ0) is 13.6. The second-order valence-corrected chi connectivity index (χ2v) is 5.13. The molecule has 0 amide bonds. The number of nitrogens with two attached hydrogens (primary N) is 1. The minimum Gasteiger partial charge on any atom is -0.398 e. The van der Waals surface area contributed by atoms with Crippen molar-refractivity contribution in [3.8, 4) is 0 Å². The monoisotopic (exact) mass is 253 g/mol. The molecule has 1 aromatic rings. The Bertz CT molecular complexity index is 762. The Labute approximate surface area is 112 Å². The third-order valence-corrected chi connectivity index (χ3v) is 3.46. The van der Waals surface area contributed by atoms with Crippen LogP contribution in [0.4, 0.5) is 5.69 Å². The molecule has 4 heteroatoms. The summed E-state index contributed by atoms with van der Waals surface area (Å²) in [5.74, 6) is 0. The van der Waals surface area contributed by atoms with E-state index < -0.39 is 0 Å². The smallest absolute Gasteiger partial charge is 0.201 e. The van der Waals surface area contributed by atoms with Gasteiger partial charge in [0.25, 0.3) is 0 Å². The number of hydrogen-bond acceptors (Lipinski definition) is 3. The normalized spacial score (nSPS) is 19.8. The van der Waals surface area contributed by atoms with Crippen LogP contribution in [0.5, 0.6) is 0 Å². The van der Waals surface area contributed by atoms with Crippen LogP contribution in [0.25, 0.3) is 0 Å². The molecule has 2 N–H and O–H groups in total. The maximum absolute atomic E-state index is 5.94. The highest BCUT2D eigenvalue weighted by Gasteiger charge is 2.20. The first kappa shape index (κ1) is 11.8. The molecule has 2 aliphatic rings. The van der Waals surface area contributed by atoms with Gasteiger partial charge in [0.15, 0.2) is 0 Å². The van der Waals surface area contributed by atoms with E-state index in [1.165, 1.54) is 0 Å². The lowest BCUT2D eigenvalue weighted by Crippen LogP contribution is -2.34. The molecule has 0 saturated carbocycles. The third kappa shape index (κ3) is 1.99. The molecule has 1 aliphatic carbocycles. The van der Waals surface area contributed by atoms with Crippen LogP contribution in [-0.4, -0.2) is 30.4 Å². The van der Waals surface area contributed by atoms with Gasteiger partial charge in [-0.15, -0.1) is 0 Å². The van der Waals surface area contributed by atoms with Crippen molar-refractivity contribution in [1.82, 2.24) is 0 Å². The van der Waals surface area contributed by atoms with Gasteiger partial charge < -0.3 is 5.73 Å². The fraction of sp³-hybridized carbons (Fsp3) is 0.267. The molecular formula is C15H17N4+. The molecule has 1 atom stereocenters. The first-order valence-electron chi connectivity index (χ1n) is 6.31. The van der Waals surface area contributed by atoms with Gasteiger partial charge in [-0.25, -0.2) is 9.57 Å². The third-order valence-electron chi connectivity index (χ3n) is 3.46. The van der Waals surface area contributed by atoms with E-state index in [2.05, 4.69) is 22.8 Å². The number of nitrogens with zero attached hydrogens (tertiary/aromatic N) is 3. The van der Waals surface area contributed by atoms with Crippen molar-refractivity contribution in [2.45, 2.75) is 13.0 Å². The lowest BCUT2D eigenvalue weighted by Gasteiger charge is -2.16. The predicted molar refractivity (Wildman–Crippen MR) is 76.0 cm³/mol. The fourth-order valence-corrected chi connectivity index (χ4v) is 2.24. The van der Waals surface area contributed by atoms with Crippen molar-refractivity contribution < 1.29 is 4.58 Å². The van der Waals surface area contributed by atoms with Crippen LogP contribution in [0.1, 0.15) is 5.56 Å². The maximum Gasteiger partial charge on any atom is 0.201 e. The zero-order valence-corrected chi connectivity index (χ0v) is 11.4. The highest BCUT2D eigenvalue weighted by molar-refractivity contribution is 6.02. The summed E-state index contributed by atoms with van der Waals surface area (Å²) in [6.45, 7) is 1.99. The first-order chi connectivity index (χ1) is 9.04. The molecule has 0 saturated heterocycles. The van der Waals surface area contributed by atoms with Gasteiger partial charge in [-0.05, 0) is 30.7 Å². The topological polar surface area (TPSA) is 53.7 Å². The molecule has 3 rings (SSSR count). The van der Waals surface area contributed by atoms with Gasteiger partial charge in [-0.2, -0.15) is 0 Å².